The van der Waals surface area contributed by atoms with E-state index in [9.17, 15) is 14.0 Å². The molecule has 2 amide bonds. The van der Waals surface area contributed by atoms with Crippen molar-refractivity contribution in [3.8, 4) is 11.3 Å². The van der Waals surface area contributed by atoms with Crippen LogP contribution < -0.4 is 10.2 Å². The van der Waals surface area contributed by atoms with Crippen molar-refractivity contribution in [1.82, 2.24) is 9.97 Å². The Balaban J connectivity index is 1.44. The predicted octanol–water partition coefficient (Wildman–Crippen LogP) is 4.88. The summed E-state index contributed by atoms with van der Waals surface area (Å²) >= 11 is 6.50. The van der Waals surface area contributed by atoms with Crippen molar-refractivity contribution in [3.05, 3.63) is 71.4 Å². The van der Waals surface area contributed by atoms with Crippen LogP contribution in [-0.2, 0) is 16.0 Å². The van der Waals surface area contributed by atoms with Crippen LogP contribution in [0, 0.1) is 11.9 Å². The third kappa shape index (κ3) is 5.29. The zero-order valence-electron chi connectivity index (χ0n) is 17.5. The van der Waals surface area contributed by atoms with Gasteiger partial charge in [0, 0.05) is 30.8 Å². The Morgan fingerprint density at radius 2 is 2.00 bits per heavy atom. The van der Waals surface area contributed by atoms with Crippen molar-refractivity contribution in [2.24, 2.45) is 5.92 Å². The van der Waals surface area contributed by atoms with Crippen molar-refractivity contribution in [2.75, 3.05) is 16.8 Å². The van der Waals surface area contributed by atoms with E-state index in [1.807, 2.05) is 12.1 Å². The van der Waals surface area contributed by atoms with E-state index >= 15 is 0 Å². The lowest BCUT2D eigenvalue weighted by molar-refractivity contribution is -0.117. The van der Waals surface area contributed by atoms with Crippen molar-refractivity contribution in [2.45, 2.75) is 26.2 Å². The summed E-state index contributed by atoms with van der Waals surface area (Å²) in [5, 5.41) is 3.18. The minimum absolute atomic E-state index is 0.0315. The highest BCUT2D eigenvalue weighted by Crippen LogP contribution is 2.35. The number of carbonyl (C=O) groups is 2. The largest absolute Gasteiger partial charge is 0.324 e. The molecule has 2 heterocycles. The van der Waals surface area contributed by atoms with Crippen LogP contribution in [0.4, 0.5) is 15.8 Å². The molecular formula is C24H22ClFN4O2. The highest BCUT2D eigenvalue weighted by Gasteiger charge is 2.27. The summed E-state index contributed by atoms with van der Waals surface area (Å²) in [5.41, 5.74) is 2.89. The van der Waals surface area contributed by atoms with E-state index in [4.69, 9.17) is 11.6 Å². The Labute approximate surface area is 190 Å². The molecule has 0 bridgehead atoms. The SMILES string of the molecule is CC(=O)N(CC1CC1)c1ccc(-c2ccc(NC(=O)Cc3cccnc3F)cn2)cc1Cl. The number of anilines is 2. The van der Waals surface area contributed by atoms with E-state index < -0.39 is 5.95 Å². The zero-order chi connectivity index (χ0) is 22.7. The zero-order valence-corrected chi connectivity index (χ0v) is 18.3. The summed E-state index contributed by atoms with van der Waals surface area (Å²) in [7, 11) is 0. The van der Waals surface area contributed by atoms with E-state index in [1.54, 1.807) is 36.1 Å². The molecule has 3 aromatic rings. The molecule has 1 saturated carbocycles. The number of halogens is 2. The molecule has 4 rings (SSSR count). The lowest BCUT2D eigenvalue weighted by atomic mass is 10.1. The molecule has 0 atom stereocenters. The van der Waals surface area contributed by atoms with Gasteiger partial charge in [0.15, 0.2) is 0 Å². The van der Waals surface area contributed by atoms with E-state index in [0.29, 0.717) is 34.6 Å². The average Bonchev–Trinajstić information content (AvgIpc) is 3.59. The van der Waals surface area contributed by atoms with Crippen LogP contribution in [0.3, 0.4) is 0 Å². The second kappa shape index (κ2) is 9.44. The summed E-state index contributed by atoms with van der Waals surface area (Å²) in [6.45, 7) is 2.23. The first-order valence-electron chi connectivity index (χ1n) is 10.3. The topological polar surface area (TPSA) is 75.2 Å². The minimum atomic E-state index is -0.656. The van der Waals surface area contributed by atoms with Crippen molar-refractivity contribution >= 4 is 34.8 Å². The van der Waals surface area contributed by atoms with Crippen LogP contribution in [0.1, 0.15) is 25.3 Å². The molecule has 0 spiro atoms. The van der Waals surface area contributed by atoms with Crippen molar-refractivity contribution in [3.63, 3.8) is 0 Å². The number of carbonyl (C=O) groups excluding carboxylic acids is 2. The fourth-order valence-corrected chi connectivity index (χ4v) is 3.69. The van der Waals surface area contributed by atoms with E-state index in [0.717, 1.165) is 18.4 Å². The summed E-state index contributed by atoms with van der Waals surface area (Å²) < 4.78 is 13.6. The first kappa shape index (κ1) is 21.9. The average molecular weight is 453 g/mol. The van der Waals surface area contributed by atoms with Gasteiger partial charge in [-0.25, -0.2) is 4.98 Å². The maximum atomic E-state index is 13.6. The van der Waals surface area contributed by atoms with Gasteiger partial charge in [-0.1, -0.05) is 23.7 Å². The van der Waals surface area contributed by atoms with Gasteiger partial charge in [0.1, 0.15) is 0 Å². The van der Waals surface area contributed by atoms with Gasteiger partial charge in [0.25, 0.3) is 0 Å². The highest BCUT2D eigenvalue weighted by molar-refractivity contribution is 6.34. The van der Waals surface area contributed by atoms with Crippen LogP contribution in [0.25, 0.3) is 11.3 Å². The Hall–Kier alpha value is -3.32. The Bertz CT molecular complexity index is 1150. The van der Waals surface area contributed by atoms with Gasteiger partial charge < -0.3 is 10.2 Å². The summed E-state index contributed by atoms with van der Waals surface area (Å²) in [6, 6.07) is 12.1. The number of pyridine rings is 2. The molecule has 2 aromatic heterocycles. The van der Waals surface area contributed by atoms with Gasteiger partial charge >= 0.3 is 0 Å². The molecule has 6 nitrogen and oxygen atoms in total. The number of hydrogen-bond acceptors (Lipinski definition) is 4. The lowest BCUT2D eigenvalue weighted by Gasteiger charge is -2.22. The minimum Gasteiger partial charge on any atom is -0.324 e. The fraction of sp³-hybridized carbons (Fsp3) is 0.250. The molecule has 32 heavy (non-hydrogen) atoms. The fourth-order valence-electron chi connectivity index (χ4n) is 3.41. The number of nitrogens with zero attached hydrogens (tertiary/aromatic N) is 3. The number of amides is 2. The van der Waals surface area contributed by atoms with E-state index in [2.05, 4.69) is 15.3 Å². The van der Waals surface area contributed by atoms with Gasteiger partial charge in [0.2, 0.25) is 17.8 Å². The quantitative estimate of drug-likeness (QED) is 0.518. The molecule has 0 aliphatic heterocycles. The molecule has 0 radical (unpaired) electrons. The van der Waals surface area contributed by atoms with Gasteiger partial charge in [-0.3, -0.25) is 14.6 Å². The molecule has 1 N–H and O–H groups in total. The van der Waals surface area contributed by atoms with Gasteiger partial charge in [-0.05, 0) is 49.1 Å². The Morgan fingerprint density at radius 3 is 2.62 bits per heavy atom. The maximum Gasteiger partial charge on any atom is 0.229 e. The molecule has 164 valence electrons. The second-order valence-corrected chi connectivity index (χ2v) is 8.26. The first-order valence-corrected chi connectivity index (χ1v) is 10.7. The molecule has 1 aromatic carbocycles. The second-order valence-electron chi connectivity index (χ2n) is 7.85. The smallest absolute Gasteiger partial charge is 0.229 e. The number of hydrogen-bond donors (Lipinski definition) is 1. The van der Waals surface area contributed by atoms with Gasteiger partial charge in [-0.15, -0.1) is 0 Å². The molecule has 0 saturated heterocycles. The Kier molecular flexibility index (Phi) is 6.46. The number of benzene rings is 1. The molecule has 0 unspecified atom stereocenters. The summed E-state index contributed by atoms with van der Waals surface area (Å²) in [6.07, 6.45) is 5.03. The monoisotopic (exact) mass is 452 g/mol. The van der Waals surface area contributed by atoms with Crippen molar-refractivity contribution in [1.29, 1.82) is 0 Å². The van der Waals surface area contributed by atoms with Crippen LogP contribution in [0.15, 0.2) is 54.9 Å². The summed E-state index contributed by atoms with van der Waals surface area (Å²) in [5.74, 6) is -0.500. The first-order chi connectivity index (χ1) is 15.4. The third-order valence-corrected chi connectivity index (χ3v) is 5.59. The molecule has 1 aliphatic carbocycles. The van der Waals surface area contributed by atoms with E-state index in [-0.39, 0.29) is 23.8 Å². The highest BCUT2D eigenvalue weighted by atomic mass is 35.5. The lowest BCUT2D eigenvalue weighted by Crippen LogP contribution is -2.30. The molecule has 1 fully saturated rings. The standard InChI is InChI=1S/C24H22ClFN4O2/c1-15(31)30(14-16-4-5-16)22-9-6-17(11-20(22)25)21-8-7-19(13-28-21)29-23(32)12-18-3-2-10-27-24(18)26/h2-3,6-11,13,16H,4-5,12,14H2,1H3,(H,29,32). The van der Waals surface area contributed by atoms with Crippen LogP contribution in [0.2, 0.25) is 5.02 Å². The van der Waals surface area contributed by atoms with Gasteiger partial charge in [0.05, 0.1) is 34.7 Å². The number of nitrogens with one attached hydrogen (secondary N) is 1. The molecule has 1 aliphatic rings. The van der Waals surface area contributed by atoms with Crippen molar-refractivity contribution < 1.29 is 14.0 Å². The maximum absolute atomic E-state index is 13.6. The normalized spacial score (nSPS) is 13.0. The van der Waals surface area contributed by atoms with E-state index in [1.165, 1.54) is 18.5 Å². The van der Waals surface area contributed by atoms with Crippen LogP contribution in [0.5, 0.6) is 0 Å². The van der Waals surface area contributed by atoms with Crippen LogP contribution in [-0.4, -0.2) is 28.3 Å². The molecule has 8 heteroatoms. The number of rotatable bonds is 7. The van der Waals surface area contributed by atoms with Crippen LogP contribution >= 0.6 is 11.6 Å². The summed E-state index contributed by atoms with van der Waals surface area (Å²) in [4.78, 5) is 33.9. The third-order valence-electron chi connectivity index (χ3n) is 5.29. The van der Waals surface area contributed by atoms with Gasteiger partial charge in [-0.2, -0.15) is 4.39 Å². The number of aromatic nitrogens is 2. The molecular weight excluding hydrogens is 431 g/mol. The Morgan fingerprint density at radius 1 is 1.19 bits per heavy atom. The predicted molar refractivity (Wildman–Crippen MR) is 122 cm³/mol.